The second-order valence-electron chi connectivity index (χ2n) is 28.0. The number of fused-ring (bicyclic) bond motifs is 2. The quantitative estimate of drug-likeness (QED) is 0.0475. The summed E-state index contributed by atoms with van der Waals surface area (Å²) >= 11 is 0. The van der Waals surface area contributed by atoms with Crippen molar-refractivity contribution in [3.8, 4) is 23.0 Å². The summed E-state index contributed by atoms with van der Waals surface area (Å²) in [7, 11) is 10.8. The molecule has 0 amide bonds. The van der Waals surface area contributed by atoms with Gasteiger partial charge >= 0.3 is 29.0 Å². The van der Waals surface area contributed by atoms with Crippen LogP contribution in [0.3, 0.4) is 0 Å². The number of aromatic nitrogens is 6. The number of aliphatic hydroxyl groups is 5. The van der Waals surface area contributed by atoms with Crippen molar-refractivity contribution in [1.29, 1.82) is 0 Å². The summed E-state index contributed by atoms with van der Waals surface area (Å²) in [5, 5.41) is 58.7. The number of pyridine rings is 2. The summed E-state index contributed by atoms with van der Waals surface area (Å²) < 4.78 is 84.0. The number of carbonyl (C=O) groups excluding carboxylic acids is 1. The Morgan fingerprint density at radius 1 is 0.723 bits per heavy atom. The van der Waals surface area contributed by atoms with Crippen molar-refractivity contribution in [2.45, 2.75) is 235 Å². The van der Waals surface area contributed by atoms with Crippen LogP contribution in [0.15, 0.2) is 59.1 Å². The van der Waals surface area contributed by atoms with Gasteiger partial charge in [-0.15, -0.1) is 0 Å². The van der Waals surface area contributed by atoms with Gasteiger partial charge in [0.15, 0.2) is 12.6 Å². The third-order valence-electron chi connectivity index (χ3n) is 19.9. The molecular weight excluding hydrogens is 1350 g/mol. The fourth-order valence-corrected chi connectivity index (χ4v) is 16.0. The van der Waals surface area contributed by atoms with Crippen LogP contribution in [-0.2, 0) is 66.3 Å². The number of likely N-dealkylation sites (N-methyl/N-ethyl adjacent to an activating group) is 2. The number of carbonyl (C=O) groups is 1. The van der Waals surface area contributed by atoms with Crippen molar-refractivity contribution in [3.63, 3.8) is 0 Å². The molecule has 0 aliphatic carbocycles. The first-order chi connectivity index (χ1) is 47.0. The van der Waals surface area contributed by atoms with Crippen LogP contribution < -0.4 is 28.9 Å². The minimum Gasteiger partial charge on any atom is -0.497 e. The number of nitrogens with zero attached hydrogens (tertiary/aromatic N) is 8. The molecule has 6 aromatic rings. The fourth-order valence-electron chi connectivity index (χ4n) is 13.8. The Labute approximate surface area is 616 Å². The minimum absolute atomic E-state index is 0. The molecule has 0 spiro atoms. The Hall–Kier alpha value is -5.06. The normalized spacial score (nSPS) is 31.4. The van der Waals surface area contributed by atoms with Crippen LogP contribution >= 0.6 is 0 Å². The van der Waals surface area contributed by atoms with Crippen molar-refractivity contribution in [3.05, 3.63) is 82.4 Å². The molecule has 0 saturated carbocycles. The molecular formula is C72H108MgN8O18S2. The van der Waals surface area contributed by atoms with Gasteiger partial charge in [-0.1, -0.05) is 32.9 Å². The van der Waals surface area contributed by atoms with Crippen molar-refractivity contribution in [2.75, 3.05) is 63.2 Å². The number of imidazole rings is 2. The molecule has 9 rings (SSSR count). The minimum atomic E-state index is -1.80. The van der Waals surface area contributed by atoms with Crippen LogP contribution in [0.1, 0.15) is 129 Å². The van der Waals surface area contributed by atoms with Crippen molar-refractivity contribution < 1.29 is 86.1 Å². The van der Waals surface area contributed by atoms with E-state index in [2.05, 4.69) is 29.9 Å². The zero-order valence-electron chi connectivity index (χ0n) is 62.9. The fraction of sp³-hybridized carbons (Fsp3) is 0.653. The van der Waals surface area contributed by atoms with Gasteiger partial charge in [-0.05, 0) is 169 Å². The van der Waals surface area contributed by atoms with E-state index in [4.69, 9.17) is 47.4 Å². The third kappa shape index (κ3) is 20.1. The van der Waals surface area contributed by atoms with E-state index in [0.29, 0.717) is 56.8 Å². The molecule has 20 atom stereocenters. The van der Waals surface area contributed by atoms with Gasteiger partial charge in [0.25, 0.3) is 0 Å². The van der Waals surface area contributed by atoms with E-state index in [-0.39, 0.29) is 71.9 Å². The third-order valence-corrected chi connectivity index (χ3v) is 22.1. The summed E-state index contributed by atoms with van der Waals surface area (Å²) in [6.45, 7) is 25.7. The molecule has 2 aromatic carbocycles. The summed E-state index contributed by atoms with van der Waals surface area (Å²) in [5.41, 5.74) is 3.50. The molecule has 5 N–H and O–H groups in total. The molecule has 26 nitrogen and oxygen atoms in total. The number of aryl methyl sites for hydroxylation is 2. The van der Waals surface area contributed by atoms with Gasteiger partial charge in [0.1, 0.15) is 53.0 Å². The second kappa shape index (κ2) is 36.3. The zero-order valence-corrected chi connectivity index (χ0v) is 65.9. The largest absolute Gasteiger partial charge is 2.00 e. The zero-order chi connectivity index (χ0) is 74.2. The van der Waals surface area contributed by atoms with E-state index < -0.39 is 118 Å². The van der Waals surface area contributed by atoms with Gasteiger partial charge in [0.05, 0.1) is 114 Å². The molecule has 0 unspecified atom stereocenters. The number of cyclic esters (lactones) is 1. The Bertz CT molecular complexity index is 3600. The predicted octanol–water partition coefficient (Wildman–Crippen LogP) is 6.58. The predicted molar refractivity (Wildman–Crippen MR) is 384 cm³/mol. The van der Waals surface area contributed by atoms with Crippen molar-refractivity contribution >= 4 is 72.7 Å². The molecule has 4 aromatic heterocycles. The SMILES string of the molecule is CC[C@H]1OC(=O)[C@H](C)[C@@H](O[C@H]2C[C@@](C)(OC)[C@@H](O)[C@H](C)O2)[C@H](C)[C@@H](O[C@@H]2O[C@H](C)C[C@H](N(C)C)[C@H]2O)[C@](C)(O)C[C@@H](C)CN(C)[C@H](C)[C@@H](O)[C@]1(C)O.COc1ccc2[n-]c([S@@](=O)Cc3ncc(C)c(OC)c3C)nc2c1.COc1ccc2[n-]c([S@@](=O)Cc3ncc(C)c(OC)c3C)nc2c1.[Mg+2]. The molecule has 0 radical (unpaired) electrons. The van der Waals surface area contributed by atoms with Gasteiger partial charge in [-0.3, -0.25) is 23.2 Å². The maximum absolute atomic E-state index is 14.2. The average molecular weight is 1460 g/mol. The molecule has 0 bridgehead atoms. The molecule has 558 valence electrons. The molecule has 3 saturated heterocycles. The summed E-state index contributed by atoms with van der Waals surface area (Å²) in [6.07, 6.45) is -4.73. The van der Waals surface area contributed by atoms with Gasteiger partial charge in [-0.25, -0.2) is 0 Å². The van der Waals surface area contributed by atoms with Crippen LogP contribution in [0, 0.1) is 45.4 Å². The summed E-state index contributed by atoms with van der Waals surface area (Å²) in [4.78, 5) is 44.2. The van der Waals surface area contributed by atoms with E-state index >= 15 is 0 Å². The van der Waals surface area contributed by atoms with E-state index in [0.717, 1.165) is 45.1 Å². The van der Waals surface area contributed by atoms with Crippen LogP contribution in [-0.4, -0.2) is 246 Å². The van der Waals surface area contributed by atoms with E-state index in [1.807, 2.05) is 79.4 Å². The molecule has 3 fully saturated rings. The summed E-state index contributed by atoms with van der Waals surface area (Å²) in [5.74, 6) is 0.844. The van der Waals surface area contributed by atoms with Crippen LogP contribution in [0.5, 0.6) is 23.0 Å². The first kappa shape index (κ1) is 84.9. The molecule has 7 heterocycles. The number of ether oxygens (including phenoxy) is 10. The number of benzene rings is 2. The van der Waals surface area contributed by atoms with E-state index in [1.54, 1.807) is 119 Å². The first-order valence-electron chi connectivity index (χ1n) is 33.9. The monoisotopic (exact) mass is 1460 g/mol. The Balaban J connectivity index is 0.000000269. The number of aliphatic hydroxyl groups excluding tert-OH is 3. The number of rotatable bonds is 17. The number of methoxy groups -OCH3 is 5. The maximum atomic E-state index is 14.2. The van der Waals surface area contributed by atoms with Crippen LogP contribution in [0.2, 0.25) is 0 Å². The number of hydrogen-bond donors (Lipinski definition) is 5. The molecule has 3 aliphatic rings. The first-order valence-corrected chi connectivity index (χ1v) is 36.6. The van der Waals surface area contributed by atoms with Crippen molar-refractivity contribution in [1.82, 2.24) is 39.7 Å². The van der Waals surface area contributed by atoms with E-state index in [1.165, 1.54) is 14.0 Å². The van der Waals surface area contributed by atoms with Gasteiger partial charge < -0.3 is 103 Å². The Morgan fingerprint density at radius 3 is 1.68 bits per heavy atom. The van der Waals surface area contributed by atoms with Gasteiger partial charge in [0.2, 0.25) is 0 Å². The van der Waals surface area contributed by atoms with Gasteiger partial charge in [-0.2, -0.15) is 0 Å². The standard InChI is InChI=1S/C38H72N2O12.2C17H18N3O3S.Mg/c1-15-27-38(10,46)31(42)24(6)40(13)19-20(2)17-36(8,45)33(52-35-29(41)26(39(11)12)16-21(3)48-35)22(4)30(23(5)34(44)50-27)51-28-18-37(9,47-14)32(43)25(7)49-28;2*1-10-8-18-15(11(2)16(10)23-4)9-24(21)17-19-13-6-5-12(22-3)7-14(13)20-17;/h20-33,35,41-43,45-46H,15-19H2,1-14H3;2*5-8H,9H2,1-4H3;/q;2*-1;+2/t20-,21-,22+,23-,24-,25+,26+,27-,28+,29-,30+,31-,32+,33-,35+,36-,37-,38-;2*24-;/m100./s1. The van der Waals surface area contributed by atoms with Crippen LogP contribution in [0.25, 0.3) is 22.1 Å². The van der Waals surface area contributed by atoms with Gasteiger partial charge in [0, 0.05) is 83.0 Å². The van der Waals surface area contributed by atoms with E-state index in [9.17, 15) is 38.7 Å². The Kier molecular flexibility index (Phi) is 30.5. The smallest absolute Gasteiger partial charge is 0.497 e. The molecule has 101 heavy (non-hydrogen) atoms. The average Bonchev–Trinajstić information content (AvgIpc) is 1.31. The van der Waals surface area contributed by atoms with Crippen molar-refractivity contribution in [2.24, 2.45) is 17.8 Å². The molecule has 29 heteroatoms. The Morgan fingerprint density at radius 2 is 1.23 bits per heavy atom. The number of hydrogen-bond acceptors (Lipinski definition) is 24. The summed E-state index contributed by atoms with van der Waals surface area (Å²) in [6, 6.07) is 9.97. The van der Waals surface area contributed by atoms with Crippen LogP contribution in [0.4, 0.5) is 0 Å². The number of esters is 1. The second-order valence-corrected chi connectivity index (χ2v) is 30.6. The maximum Gasteiger partial charge on any atom is 2.00 e. The molecule has 3 aliphatic heterocycles. The topological polar surface area (TPSA) is 331 Å².